The lowest BCUT2D eigenvalue weighted by Crippen LogP contribution is -2.38. The van der Waals surface area contributed by atoms with Crippen molar-refractivity contribution in [3.8, 4) is 5.75 Å². The minimum Gasteiger partial charge on any atom is -0.497 e. The van der Waals surface area contributed by atoms with Gasteiger partial charge in [0.25, 0.3) is 0 Å². The molecule has 0 saturated heterocycles. The number of rotatable bonds is 6. The van der Waals surface area contributed by atoms with Crippen molar-refractivity contribution < 1.29 is 9.84 Å². The summed E-state index contributed by atoms with van der Waals surface area (Å²) >= 11 is 0. The third-order valence-electron chi connectivity index (χ3n) is 3.93. The first-order valence-electron chi connectivity index (χ1n) is 7.24. The number of anilines is 1. The average molecular weight is 285 g/mol. The molecule has 0 amide bonds. The van der Waals surface area contributed by atoms with E-state index in [0.717, 1.165) is 23.4 Å². The van der Waals surface area contributed by atoms with Gasteiger partial charge in [-0.3, -0.25) is 0 Å². The van der Waals surface area contributed by atoms with Crippen molar-refractivity contribution in [3.05, 3.63) is 59.7 Å². The van der Waals surface area contributed by atoms with E-state index in [-0.39, 0.29) is 6.61 Å². The maximum atomic E-state index is 9.99. The van der Waals surface area contributed by atoms with E-state index in [1.807, 2.05) is 24.3 Å². The summed E-state index contributed by atoms with van der Waals surface area (Å²) in [5, 5.41) is 13.5. The first-order chi connectivity index (χ1) is 10.1. The molecule has 2 rings (SSSR count). The quantitative estimate of drug-likeness (QED) is 0.850. The number of aryl methyl sites for hydroxylation is 1. The fraction of sp³-hybridized carbons (Fsp3) is 0.333. The normalized spacial score (nSPS) is 13.5. The first-order valence-corrected chi connectivity index (χ1v) is 7.24. The van der Waals surface area contributed by atoms with Gasteiger partial charge in [-0.15, -0.1) is 0 Å². The van der Waals surface area contributed by atoms with Gasteiger partial charge in [0, 0.05) is 11.8 Å². The zero-order chi connectivity index (χ0) is 15.3. The van der Waals surface area contributed by atoms with Gasteiger partial charge in [-0.1, -0.05) is 42.8 Å². The van der Waals surface area contributed by atoms with E-state index in [1.165, 1.54) is 5.56 Å². The fourth-order valence-electron chi connectivity index (χ4n) is 2.46. The highest BCUT2D eigenvalue weighted by Gasteiger charge is 2.29. The number of hydrogen-bond acceptors (Lipinski definition) is 3. The highest BCUT2D eigenvalue weighted by atomic mass is 16.5. The van der Waals surface area contributed by atoms with Crippen LogP contribution in [0.15, 0.2) is 48.5 Å². The smallest absolute Gasteiger partial charge is 0.120 e. The summed E-state index contributed by atoms with van der Waals surface area (Å²) in [6.07, 6.45) is 0.782. The van der Waals surface area contributed by atoms with Crippen LogP contribution in [0.5, 0.6) is 5.75 Å². The summed E-state index contributed by atoms with van der Waals surface area (Å²) in [5.41, 5.74) is 2.75. The fourth-order valence-corrected chi connectivity index (χ4v) is 2.46. The van der Waals surface area contributed by atoms with Crippen LogP contribution >= 0.6 is 0 Å². The van der Waals surface area contributed by atoms with Crippen molar-refractivity contribution in [3.63, 3.8) is 0 Å². The highest BCUT2D eigenvalue weighted by molar-refractivity contribution is 5.52. The summed E-state index contributed by atoms with van der Waals surface area (Å²) in [4.78, 5) is 0. The molecule has 0 radical (unpaired) electrons. The van der Waals surface area contributed by atoms with Crippen molar-refractivity contribution in [2.75, 3.05) is 19.0 Å². The van der Waals surface area contributed by atoms with E-state index in [2.05, 4.69) is 43.4 Å². The molecule has 0 saturated carbocycles. The summed E-state index contributed by atoms with van der Waals surface area (Å²) in [6.45, 7) is 4.17. The van der Waals surface area contributed by atoms with Crippen LogP contribution in [0.4, 0.5) is 5.69 Å². The SMILES string of the molecule is CCC(CO)(Nc1cccc(OC)c1)c1ccc(C)cc1. The molecule has 0 bridgehead atoms. The van der Waals surface area contributed by atoms with Gasteiger partial charge in [-0.25, -0.2) is 0 Å². The molecule has 21 heavy (non-hydrogen) atoms. The van der Waals surface area contributed by atoms with E-state index in [9.17, 15) is 5.11 Å². The summed E-state index contributed by atoms with van der Waals surface area (Å²) in [5.74, 6) is 0.798. The maximum Gasteiger partial charge on any atom is 0.120 e. The molecule has 0 aromatic heterocycles. The molecule has 0 fully saturated rings. The number of hydrogen-bond donors (Lipinski definition) is 2. The molecule has 3 heteroatoms. The van der Waals surface area contributed by atoms with E-state index in [0.29, 0.717) is 0 Å². The van der Waals surface area contributed by atoms with E-state index in [1.54, 1.807) is 7.11 Å². The molecule has 2 aromatic carbocycles. The molecule has 0 spiro atoms. The van der Waals surface area contributed by atoms with Gasteiger partial charge in [-0.2, -0.15) is 0 Å². The molecule has 1 unspecified atom stereocenters. The van der Waals surface area contributed by atoms with Gasteiger partial charge in [0.1, 0.15) is 5.75 Å². The topological polar surface area (TPSA) is 41.5 Å². The Morgan fingerprint density at radius 3 is 2.43 bits per heavy atom. The van der Waals surface area contributed by atoms with Gasteiger partial charge >= 0.3 is 0 Å². The lowest BCUT2D eigenvalue weighted by Gasteiger charge is -2.34. The lowest BCUT2D eigenvalue weighted by molar-refractivity contribution is 0.207. The van der Waals surface area contributed by atoms with Crippen LogP contribution in [0.25, 0.3) is 0 Å². The van der Waals surface area contributed by atoms with Gasteiger partial charge in [0.05, 0.1) is 19.3 Å². The highest BCUT2D eigenvalue weighted by Crippen LogP contribution is 2.31. The maximum absolute atomic E-state index is 9.99. The number of aliphatic hydroxyl groups excluding tert-OH is 1. The first kappa shape index (κ1) is 15.4. The van der Waals surface area contributed by atoms with E-state index in [4.69, 9.17) is 4.74 Å². The molecular formula is C18H23NO2. The molecule has 1 atom stereocenters. The number of aliphatic hydroxyl groups is 1. The number of methoxy groups -OCH3 is 1. The van der Waals surface area contributed by atoms with Crippen molar-refractivity contribution >= 4 is 5.69 Å². The Morgan fingerprint density at radius 2 is 1.86 bits per heavy atom. The monoisotopic (exact) mass is 285 g/mol. The second-order valence-electron chi connectivity index (χ2n) is 5.32. The second kappa shape index (κ2) is 6.64. The summed E-state index contributed by atoms with van der Waals surface area (Å²) in [7, 11) is 1.65. The van der Waals surface area contributed by atoms with Gasteiger partial charge in [0.15, 0.2) is 0 Å². The summed E-state index contributed by atoms with van der Waals surface area (Å²) in [6, 6.07) is 16.1. The standard InChI is InChI=1S/C18H23NO2/c1-4-18(13-20,15-10-8-14(2)9-11-15)19-16-6-5-7-17(12-16)21-3/h5-12,19-20H,4,13H2,1-3H3. The van der Waals surface area contributed by atoms with Crippen LogP contribution in [-0.2, 0) is 5.54 Å². The Hall–Kier alpha value is -2.00. The molecule has 0 aliphatic carbocycles. The zero-order valence-electron chi connectivity index (χ0n) is 12.9. The third kappa shape index (κ3) is 3.37. The predicted molar refractivity (Wildman–Crippen MR) is 86.9 cm³/mol. The van der Waals surface area contributed by atoms with E-state index >= 15 is 0 Å². The molecule has 112 valence electrons. The molecule has 2 N–H and O–H groups in total. The molecule has 3 nitrogen and oxygen atoms in total. The number of nitrogens with one attached hydrogen (secondary N) is 1. The predicted octanol–water partition coefficient (Wildman–Crippen LogP) is 3.71. The van der Waals surface area contributed by atoms with Crippen LogP contribution < -0.4 is 10.1 Å². The van der Waals surface area contributed by atoms with E-state index < -0.39 is 5.54 Å². The Balaban J connectivity index is 2.35. The van der Waals surface area contributed by atoms with Crippen LogP contribution in [-0.4, -0.2) is 18.8 Å². The molecular weight excluding hydrogens is 262 g/mol. The van der Waals surface area contributed by atoms with Gasteiger partial charge in [0.2, 0.25) is 0 Å². The van der Waals surface area contributed by atoms with Crippen LogP contribution in [0.3, 0.4) is 0 Å². The largest absolute Gasteiger partial charge is 0.497 e. The van der Waals surface area contributed by atoms with Gasteiger partial charge < -0.3 is 15.2 Å². The Labute approximate surface area is 126 Å². The third-order valence-corrected chi connectivity index (χ3v) is 3.93. The minimum absolute atomic E-state index is 0.0315. The van der Waals surface area contributed by atoms with Gasteiger partial charge in [-0.05, 0) is 31.0 Å². The van der Waals surface area contributed by atoms with Crippen LogP contribution in [0.1, 0.15) is 24.5 Å². The Kier molecular flexibility index (Phi) is 4.86. The van der Waals surface area contributed by atoms with Crippen LogP contribution in [0, 0.1) is 6.92 Å². The summed E-state index contributed by atoms with van der Waals surface area (Å²) < 4.78 is 5.26. The average Bonchev–Trinajstić information content (AvgIpc) is 2.54. The number of benzene rings is 2. The molecule has 0 aliphatic rings. The molecule has 0 heterocycles. The second-order valence-corrected chi connectivity index (χ2v) is 5.32. The van der Waals surface area contributed by atoms with Crippen molar-refractivity contribution in [2.24, 2.45) is 0 Å². The minimum atomic E-state index is -0.486. The van der Waals surface area contributed by atoms with Crippen molar-refractivity contribution in [2.45, 2.75) is 25.8 Å². The molecule has 2 aromatic rings. The zero-order valence-corrected chi connectivity index (χ0v) is 12.9. The van der Waals surface area contributed by atoms with Crippen molar-refractivity contribution in [1.82, 2.24) is 0 Å². The lowest BCUT2D eigenvalue weighted by atomic mass is 9.87. The number of ether oxygens (including phenoxy) is 1. The molecule has 0 aliphatic heterocycles. The van der Waals surface area contributed by atoms with Crippen molar-refractivity contribution in [1.29, 1.82) is 0 Å². The Morgan fingerprint density at radius 1 is 1.14 bits per heavy atom. The van der Waals surface area contributed by atoms with Crippen LogP contribution in [0.2, 0.25) is 0 Å². The Bertz CT molecular complexity index is 574.